The molecule has 0 radical (unpaired) electrons. The van der Waals surface area contributed by atoms with Gasteiger partial charge in [0.25, 0.3) is 0 Å². The number of aliphatic imine (C=N–C) groups is 1. The van der Waals surface area contributed by atoms with Crippen molar-refractivity contribution in [3.63, 3.8) is 0 Å². The molecule has 1 aliphatic rings. The third kappa shape index (κ3) is 6.84. The molecule has 1 aromatic carbocycles. The first-order valence-corrected chi connectivity index (χ1v) is 9.84. The number of anilines is 1. The van der Waals surface area contributed by atoms with Gasteiger partial charge in [0.2, 0.25) is 0 Å². The Hall–Kier alpha value is -1.79. The number of hydrogen-bond acceptors (Lipinski definition) is 4. The maximum atomic E-state index is 5.05. The molecule has 6 heteroatoms. The van der Waals surface area contributed by atoms with Crippen molar-refractivity contribution in [1.29, 1.82) is 0 Å². The quantitative estimate of drug-likeness (QED) is 0.339. The van der Waals surface area contributed by atoms with Crippen LogP contribution in [0.25, 0.3) is 0 Å². The highest BCUT2D eigenvalue weighted by atomic mass is 16.5. The lowest BCUT2D eigenvalue weighted by molar-refractivity contribution is 0.211. The highest BCUT2D eigenvalue weighted by Gasteiger charge is 2.22. The van der Waals surface area contributed by atoms with Gasteiger partial charge in [-0.05, 0) is 50.6 Å². The van der Waals surface area contributed by atoms with E-state index in [1.54, 1.807) is 7.11 Å². The normalized spacial score (nSPS) is 18.1. The number of likely N-dealkylation sites (N-methyl/N-ethyl adjacent to an activating group) is 1. The summed E-state index contributed by atoms with van der Waals surface area (Å²) < 4.78 is 5.05. The van der Waals surface area contributed by atoms with Gasteiger partial charge in [0.1, 0.15) is 0 Å². The molecule has 1 saturated heterocycles. The van der Waals surface area contributed by atoms with Crippen molar-refractivity contribution in [3.8, 4) is 0 Å². The molecule has 0 saturated carbocycles. The van der Waals surface area contributed by atoms with Gasteiger partial charge in [0, 0.05) is 38.5 Å². The number of hydrogen-bond donors (Lipinski definition) is 3. The lowest BCUT2D eigenvalue weighted by Crippen LogP contribution is -2.44. The number of nitrogens with zero attached hydrogens (tertiary/aromatic N) is 2. The average molecular weight is 362 g/mol. The minimum atomic E-state index is 0.626. The Balaban J connectivity index is 1.83. The van der Waals surface area contributed by atoms with Gasteiger partial charge in [-0.15, -0.1) is 0 Å². The van der Waals surface area contributed by atoms with E-state index in [9.17, 15) is 0 Å². The van der Waals surface area contributed by atoms with E-state index in [4.69, 9.17) is 9.73 Å². The van der Waals surface area contributed by atoms with Crippen molar-refractivity contribution in [3.05, 3.63) is 29.8 Å². The van der Waals surface area contributed by atoms with Crippen LogP contribution in [0, 0.1) is 0 Å². The van der Waals surface area contributed by atoms with Crippen LogP contribution in [0.1, 0.15) is 32.3 Å². The van der Waals surface area contributed by atoms with E-state index >= 15 is 0 Å². The number of methoxy groups -OCH3 is 1. The molecule has 6 nitrogen and oxygen atoms in total. The monoisotopic (exact) mass is 361 g/mol. The maximum absolute atomic E-state index is 5.05. The van der Waals surface area contributed by atoms with E-state index in [1.165, 1.54) is 24.9 Å². The zero-order chi connectivity index (χ0) is 18.6. The molecular formula is C20H35N5O. The lowest BCUT2D eigenvalue weighted by atomic mass is 10.2. The number of nitrogens with one attached hydrogen (secondary N) is 3. The fraction of sp³-hybridized carbons (Fsp3) is 0.650. The molecule has 0 aliphatic carbocycles. The highest BCUT2D eigenvalue weighted by molar-refractivity contribution is 5.79. The van der Waals surface area contributed by atoms with E-state index in [1.807, 2.05) is 0 Å². The largest absolute Gasteiger partial charge is 0.383 e. The van der Waals surface area contributed by atoms with Crippen LogP contribution in [0.2, 0.25) is 0 Å². The lowest BCUT2D eigenvalue weighted by Gasteiger charge is -2.24. The van der Waals surface area contributed by atoms with Gasteiger partial charge in [0.15, 0.2) is 5.96 Å². The van der Waals surface area contributed by atoms with Gasteiger partial charge in [-0.25, -0.2) is 4.99 Å². The zero-order valence-corrected chi connectivity index (χ0v) is 16.6. The summed E-state index contributed by atoms with van der Waals surface area (Å²) in [6.07, 6.45) is 2.58. The van der Waals surface area contributed by atoms with Crippen molar-refractivity contribution in [1.82, 2.24) is 15.5 Å². The molecule has 3 N–H and O–H groups in total. The standard InChI is InChI=1S/C20H35N5O/c1-4-21-20(24-16-19-7-6-13-25(19)5-2)23-15-17-8-10-18(11-9-17)22-12-14-26-3/h8-11,19,22H,4-7,12-16H2,1-3H3,(H2,21,23,24). The van der Waals surface area contributed by atoms with Crippen LogP contribution in [0.15, 0.2) is 29.3 Å². The second-order valence-electron chi connectivity index (χ2n) is 6.62. The van der Waals surface area contributed by atoms with Crippen LogP contribution in [-0.4, -0.2) is 63.3 Å². The molecule has 146 valence electrons. The average Bonchev–Trinajstić information content (AvgIpc) is 3.13. The van der Waals surface area contributed by atoms with Gasteiger partial charge in [-0.2, -0.15) is 0 Å². The molecule has 1 aliphatic heterocycles. The predicted molar refractivity (Wildman–Crippen MR) is 110 cm³/mol. The Kier molecular flexibility index (Phi) is 9.28. The summed E-state index contributed by atoms with van der Waals surface area (Å²) in [5, 5.41) is 10.2. The third-order valence-corrected chi connectivity index (χ3v) is 4.76. The van der Waals surface area contributed by atoms with Gasteiger partial charge < -0.3 is 20.7 Å². The van der Waals surface area contributed by atoms with Crippen molar-refractivity contribution in [2.24, 2.45) is 4.99 Å². The first-order valence-electron chi connectivity index (χ1n) is 9.84. The molecule has 0 spiro atoms. The molecule has 1 heterocycles. The minimum absolute atomic E-state index is 0.626. The zero-order valence-electron chi connectivity index (χ0n) is 16.6. The van der Waals surface area contributed by atoms with Crippen LogP contribution < -0.4 is 16.0 Å². The number of ether oxygens (including phenoxy) is 1. The fourth-order valence-electron chi connectivity index (χ4n) is 3.29. The van der Waals surface area contributed by atoms with Crippen LogP contribution in [-0.2, 0) is 11.3 Å². The summed E-state index contributed by atoms with van der Waals surface area (Å²) in [5.41, 5.74) is 2.32. The molecule has 1 aromatic rings. The Labute approximate surface area is 158 Å². The van der Waals surface area contributed by atoms with Crippen LogP contribution in [0.5, 0.6) is 0 Å². The number of rotatable bonds is 10. The third-order valence-electron chi connectivity index (χ3n) is 4.76. The molecule has 1 fully saturated rings. The van der Waals surface area contributed by atoms with E-state index in [0.717, 1.165) is 37.8 Å². The number of benzene rings is 1. The Morgan fingerprint density at radius 2 is 2.04 bits per heavy atom. The van der Waals surface area contributed by atoms with E-state index in [-0.39, 0.29) is 0 Å². The second-order valence-corrected chi connectivity index (χ2v) is 6.62. The van der Waals surface area contributed by atoms with Gasteiger partial charge in [0.05, 0.1) is 13.2 Å². The first kappa shape index (κ1) is 20.5. The summed E-state index contributed by atoms with van der Waals surface area (Å²) in [4.78, 5) is 7.28. The summed E-state index contributed by atoms with van der Waals surface area (Å²) in [7, 11) is 1.71. The highest BCUT2D eigenvalue weighted by Crippen LogP contribution is 2.15. The van der Waals surface area contributed by atoms with E-state index in [2.05, 4.69) is 59.0 Å². The molecule has 0 bridgehead atoms. The molecule has 1 atom stereocenters. The number of likely N-dealkylation sites (tertiary alicyclic amines) is 1. The van der Waals surface area contributed by atoms with Crippen LogP contribution in [0.4, 0.5) is 5.69 Å². The SMILES string of the molecule is CCNC(=NCc1ccc(NCCOC)cc1)NCC1CCCN1CC. The summed E-state index contributed by atoms with van der Waals surface area (Å²) in [5.74, 6) is 0.901. The van der Waals surface area contributed by atoms with Crippen molar-refractivity contribution >= 4 is 11.6 Å². The predicted octanol–water partition coefficient (Wildman–Crippen LogP) is 2.28. The fourth-order valence-corrected chi connectivity index (χ4v) is 3.29. The Morgan fingerprint density at radius 3 is 2.73 bits per heavy atom. The summed E-state index contributed by atoms with van der Waals surface area (Å²) >= 11 is 0. The molecule has 2 rings (SSSR count). The van der Waals surface area contributed by atoms with Crippen LogP contribution in [0.3, 0.4) is 0 Å². The first-order chi connectivity index (χ1) is 12.8. The van der Waals surface area contributed by atoms with Gasteiger partial charge >= 0.3 is 0 Å². The van der Waals surface area contributed by atoms with Crippen LogP contribution >= 0.6 is 0 Å². The summed E-state index contributed by atoms with van der Waals surface area (Å²) in [6, 6.07) is 9.06. The van der Waals surface area contributed by atoms with Gasteiger partial charge in [-0.1, -0.05) is 19.1 Å². The minimum Gasteiger partial charge on any atom is -0.383 e. The number of guanidine groups is 1. The molecule has 0 aromatic heterocycles. The Morgan fingerprint density at radius 1 is 1.23 bits per heavy atom. The van der Waals surface area contributed by atoms with Crippen molar-refractivity contribution in [2.45, 2.75) is 39.3 Å². The maximum Gasteiger partial charge on any atom is 0.191 e. The Bertz CT molecular complexity index is 532. The second kappa shape index (κ2) is 11.8. The molecule has 1 unspecified atom stereocenters. The van der Waals surface area contributed by atoms with Crippen molar-refractivity contribution < 1.29 is 4.74 Å². The van der Waals surface area contributed by atoms with E-state index < -0.39 is 0 Å². The molecule has 0 amide bonds. The summed E-state index contributed by atoms with van der Waals surface area (Å²) in [6.45, 7) is 10.7. The topological polar surface area (TPSA) is 60.9 Å². The smallest absolute Gasteiger partial charge is 0.191 e. The van der Waals surface area contributed by atoms with E-state index in [0.29, 0.717) is 19.2 Å². The molecular weight excluding hydrogens is 326 g/mol. The molecule has 26 heavy (non-hydrogen) atoms. The van der Waals surface area contributed by atoms with Gasteiger partial charge in [-0.3, -0.25) is 4.90 Å². The van der Waals surface area contributed by atoms with Crippen molar-refractivity contribution in [2.75, 3.05) is 51.8 Å².